The number of anilines is 3. The van der Waals surface area contributed by atoms with E-state index in [0.717, 1.165) is 55.5 Å². The van der Waals surface area contributed by atoms with Crippen LogP contribution in [0.5, 0.6) is 11.5 Å². The summed E-state index contributed by atoms with van der Waals surface area (Å²) in [7, 11) is 0. The second kappa shape index (κ2) is 12.5. The second-order valence-corrected chi connectivity index (χ2v) is 10.1. The summed E-state index contributed by atoms with van der Waals surface area (Å²) in [6.07, 6.45) is 0.426. The van der Waals surface area contributed by atoms with Gasteiger partial charge < -0.3 is 19.7 Å². The van der Waals surface area contributed by atoms with E-state index in [1.807, 2.05) is 42.5 Å². The average molecular weight is 596 g/mol. The molecule has 1 saturated heterocycles. The minimum absolute atomic E-state index is 0. The number of fused-ring (bicyclic) bond motifs is 2. The van der Waals surface area contributed by atoms with E-state index in [9.17, 15) is 9.18 Å². The zero-order chi connectivity index (χ0) is 25.4. The molecule has 39 heavy (non-hydrogen) atoms. The fourth-order valence-corrected chi connectivity index (χ4v) is 5.57. The van der Waals surface area contributed by atoms with E-state index in [-0.39, 0.29) is 42.8 Å². The molecule has 0 bridgehead atoms. The van der Waals surface area contributed by atoms with E-state index in [2.05, 4.69) is 21.2 Å². The Morgan fingerprint density at radius 3 is 2.54 bits per heavy atom. The highest BCUT2D eigenvalue weighted by atomic mass is 35.5. The zero-order valence-corrected chi connectivity index (χ0v) is 23.5. The van der Waals surface area contributed by atoms with Gasteiger partial charge in [-0.25, -0.2) is 9.18 Å². The lowest BCUT2D eigenvalue weighted by molar-refractivity contribution is 0.0571. The number of rotatable bonds is 4. The molecule has 0 spiro atoms. The van der Waals surface area contributed by atoms with E-state index in [1.54, 1.807) is 6.07 Å². The van der Waals surface area contributed by atoms with Gasteiger partial charge >= 0.3 is 6.03 Å². The van der Waals surface area contributed by atoms with Crippen molar-refractivity contribution in [3.8, 4) is 11.5 Å². The smallest absolute Gasteiger partial charge is 0.327 e. The molecule has 0 aromatic heterocycles. The lowest BCUT2D eigenvalue weighted by Crippen LogP contribution is -2.50. The molecule has 1 N–H and O–H groups in total. The van der Waals surface area contributed by atoms with Crippen LogP contribution in [0.2, 0.25) is 0 Å². The monoisotopic (exact) mass is 594 g/mol. The Kier molecular flexibility index (Phi) is 9.33. The molecule has 3 aliphatic rings. The van der Waals surface area contributed by atoms with Crippen LogP contribution in [0.25, 0.3) is 0 Å². The number of halogens is 4. The molecule has 2 atom stereocenters. The predicted octanol–water partition coefficient (Wildman–Crippen LogP) is 5.79. The SMILES string of the molecule is Cl.Cl.O=C(Nc1cccc(N2CCN(CC3COc4ccccc4O3)CC2)c1)N1c2ccc(F)cc2CC1Cl. The Hall–Kier alpha value is -2.91. The molecule has 1 fully saturated rings. The van der Waals surface area contributed by atoms with Crippen LogP contribution in [0.15, 0.2) is 66.7 Å². The normalized spacial score (nSPS) is 19.9. The standard InChI is InChI=1S/C28H28ClFN4O3.2ClH/c29-27-15-19-14-20(30)8-9-24(19)34(27)28(35)31-21-4-3-5-22(16-21)33-12-10-32(11-13-33)17-23-18-36-25-6-1-2-7-26(25)37-23;;/h1-9,14,16,23,27H,10-13,15,17-18H2,(H,31,35);2*1H. The molecule has 2 amide bonds. The summed E-state index contributed by atoms with van der Waals surface area (Å²) in [6.45, 7) is 4.94. The Morgan fingerprint density at radius 1 is 0.974 bits per heavy atom. The van der Waals surface area contributed by atoms with Crippen LogP contribution in [0.4, 0.5) is 26.2 Å². The van der Waals surface area contributed by atoms with Crippen LogP contribution in [0.3, 0.4) is 0 Å². The van der Waals surface area contributed by atoms with E-state index in [0.29, 0.717) is 24.4 Å². The quantitative estimate of drug-likeness (QED) is 0.306. The minimum atomic E-state index is -0.555. The van der Waals surface area contributed by atoms with Crippen molar-refractivity contribution in [2.45, 2.75) is 18.0 Å². The highest BCUT2D eigenvalue weighted by Gasteiger charge is 2.33. The topological polar surface area (TPSA) is 57.3 Å². The summed E-state index contributed by atoms with van der Waals surface area (Å²) < 4.78 is 25.6. The van der Waals surface area contributed by atoms with Crippen LogP contribution >= 0.6 is 36.4 Å². The lowest BCUT2D eigenvalue weighted by atomic mass is 10.2. The molecule has 3 aliphatic heterocycles. The first kappa shape index (κ1) is 29.1. The van der Waals surface area contributed by atoms with Crippen LogP contribution in [-0.2, 0) is 6.42 Å². The summed E-state index contributed by atoms with van der Waals surface area (Å²) in [5, 5.41) is 2.96. The summed E-state index contributed by atoms with van der Waals surface area (Å²) in [5.74, 6) is 1.28. The van der Waals surface area contributed by atoms with E-state index < -0.39 is 5.50 Å². The molecule has 6 rings (SSSR count). The van der Waals surface area contributed by atoms with Crippen molar-refractivity contribution in [3.05, 3.63) is 78.1 Å². The lowest BCUT2D eigenvalue weighted by Gasteiger charge is -2.38. The highest BCUT2D eigenvalue weighted by Crippen LogP contribution is 2.35. The van der Waals surface area contributed by atoms with Crippen molar-refractivity contribution in [1.82, 2.24) is 4.90 Å². The molecule has 7 nitrogen and oxygen atoms in total. The molecule has 3 aromatic rings. The third-order valence-electron chi connectivity index (χ3n) is 7.05. The Labute approximate surface area is 244 Å². The molecule has 0 radical (unpaired) electrons. The van der Waals surface area contributed by atoms with Crippen molar-refractivity contribution >= 4 is 59.5 Å². The first-order chi connectivity index (χ1) is 18.0. The summed E-state index contributed by atoms with van der Waals surface area (Å²) in [5.41, 5.74) is 2.56. The fraction of sp³-hybridized carbons (Fsp3) is 0.321. The predicted molar refractivity (Wildman–Crippen MR) is 157 cm³/mol. The van der Waals surface area contributed by atoms with Gasteiger partial charge in [0, 0.05) is 50.5 Å². The third kappa shape index (κ3) is 6.30. The Balaban J connectivity index is 0.00000176. The van der Waals surface area contributed by atoms with Crippen molar-refractivity contribution in [1.29, 1.82) is 0 Å². The Morgan fingerprint density at radius 2 is 1.74 bits per heavy atom. The summed E-state index contributed by atoms with van der Waals surface area (Å²) in [4.78, 5) is 19.3. The average Bonchev–Trinajstić information content (AvgIpc) is 3.24. The van der Waals surface area contributed by atoms with Gasteiger partial charge in [-0.15, -0.1) is 24.8 Å². The fourth-order valence-electron chi connectivity index (χ4n) is 5.21. The van der Waals surface area contributed by atoms with Gasteiger partial charge in [-0.1, -0.05) is 29.8 Å². The molecule has 2 unspecified atom stereocenters. The summed E-state index contributed by atoms with van der Waals surface area (Å²) >= 11 is 6.43. The summed E-state index contributed by atoms with van der Waals surface area (Å²) in [6, 6.07) is 19.7. The van der Waals surface area contributed by atoms with Crippen LogP contribution in [0.1, 0.15) is 5.56 Å². The molecule has 3 aromatic carbocycles. The van der Waals surface area contributed by atoms with E-state index >= 15 is 0 Å². The molecule has 3 heterocycles. The van der Waals surface area contributed by atoms with Gasteiger partial charge in [0.15, 0.2) is 11.5 Å². The van der Waals surface area contributed by atoms with Gasteiger partial charge in [0.1, 0.15) is 24.0 Å². The minimum Gasteiger partial charge on any atom is -0.486 e. The number of hydrogen-bond acceptors (Lipinski definition) is 5. The van der Waals surface area contributed by atoms with Gasteiger partial charge in [0.2, 0.25) is 0 Å². The molecule has 0 aliphatic carbocycles. The van der Waals surface area contributed by atoms with Gasteiger partial charge in [-0.05, 0) is 54.1 Å². The number of benzene rings is 3. The largest absolute Gasteiger partial charge is 0.486 e. The van der Waals surface area contributed by atoms with Gasteiger partial charge in [-0.2, -0.15) is 0 Å². The van der Waals surface area contributed by atoms with Crippen LogP contribution in [0, 0.1) is 5.82 Å². The van der Waals surface area contributed by atoms with Crippen molar-refractivity contribution < 1.29 is 18.7 Å². The number of hydrogen-bond donors (Lipinski definition) is 1. The maximum Gasteiger partial charge on any atom is 0.327 e. The number of nitrogens with one attached hydrogen (secondary N) is 1. The number of urea groups is 1. The molecular formula is C28H30Cl3FN4O3. The van der Waals surface area contributed by atoms with E-state index in [4.69, 9.17) is 21.1 Å². The number of para-hydroxylation sites is 2. The maximum atomic E-state index is 13.6. The molecule has 0 saturated carbocycles. The van der Waals surface area contributed by atoms with Gasteiger partial charge in [0.05, 0.1) is 5.69 Å². The van der Waals surface area contributed by atoms with Crippen molar-refractivity contribution in [2.75, 3.05) is 54.4 Å². The third-order valence-corrected chi connectivity index (χ3v) is 7.40. The number of alkyl halides is 1. The van der Waals surface area contributed by atoms with Crippen LogP contribution < -0.4 is 24.6 Å². The number of piperazine rings is 1. The first-order valence-electron chi connectivity index (χ1n) is 12.5. The Bertz CT molecular complexity index is 1310. The number of amides is 2. The first-order valence-corrected chi connectivity index (χ1v) is 13.0. The number of ether oxygens (including phenoxy) is 2. The molecule has 11 heteroatoms. The number of carbonyl (C=O) groups is 1. The number of nitrogens with zero attached hydrogens (tertiary/aromatic N) is 3. The maximum absolute atomic E-state index is 13.6. The van der Waals surface area contributed by atoms with Crippen LogP contribution in [-0.4, -0.2) is 61.9 Å². The van der Waals surface area contributed by atoms with Crippen molar-refractivity contribution in [2.24, 2.45) is 0 Å². The van der Waals surface area contributed by atoms with Gasteiger partial charge in [-0.3, -0.25) is 9.80 Å². The zero-order valence-electron chi connectivity index (χ0n) is 21.1. The highest BCUT2D eigenvalue weighted by molar-refractivity contribution is 6.26. The van der Waals surface area contributed by atoms with Gasteiger partial charge in [0.25, 0.3) is 0 Å². The van der Waals surface area contributed by atoms with E-state index in [1.165, 1.54) is 17.0 Å². The second-order valence-electron chi connectivity index (χ2n) is 9.55. The molecular weight excluding hydrogens is 566 g/mol. The van der Waals surface area contributed by atoms with Crippen molar-refractivity contribution in [3.63, 3.8) is 0 Å². The number of carbonyl (C=O) groups excluding carboxylic acids is 1. The molecule has 208 valence electrons.